The second kappa shape index (κ2) is 10.3. The zero-order valence-electron chi connectivity index (χ0n) is 15.2. The number of nitrogens with zero attached hydrogens (tertiary/aromatic N) is 1. The van der Waals surface area contributed by atoms with E-state index < -0.39 is 0 Å². The summed E-state index contributed by atoms with van der Waals surface area (Å²) < 4.78 is 11.5. The van der Waals surface area contributed by atoms with Crippen molar-refractivity contribution in [3.8, 4) is 11.5 Å². The van der Waals surface area contributed by atoms with Crippen LogP contribution < -0.4 is 14.8 Å². The Balaban J connectivity index is 1.99. The standard InChI is InChI=1S/C20H27ClN2O2/c1-23(2)12-6-11-22-14-17-8-5-10-19(24-3)20(17)25-15-16-7-4-9-18(21)13-16/h4-5,7-10,13,22H,6,11-12,14-15H2,1-3H3. The molecule has 0 aliphatic carbocycles. The van der Waals surface area contributed by atoms with Gasteiger partial charge in [-0.15, -0.1) is 0 Å². The lowest BCUT2D eigenvalue weighted by molar-refractivity contribution is 0.280. The number of nitrogens with one attached hydrogen (secondary N) is 1. The Morgan fingerprint density at radius 1 is 1.12 bits per heavy atom. The second-order valence-electron chi connectivity index (χ2n) is 6.20. The molecule has 0 amide bonds. The SMILES string of the molecule is COc1cccc(CNCCCN(C)C)c1OCc1cccc(Cl)c1. The molecule has 136 valence electrons. The Morgan fingerprint density at radius 2 is 1.92 bits per heavy atom. The molecule has 0 aliphatic rings. The maximum absolute atomic E-state index is 6.06. The Morgan fingerprint density at radius 3 is 2.64 bits per heavy atom. The van der Waals surface area contributed by atoms with Gasteiger partial charge in [0.1, 0.15) is 6.61 Å². The van der Waals surface area contributed by atoms with Crippen LogP contribution >= 0.6 is 11.6 Å². The normalized spacial score (nSPS) is 10.9. The van der Waals surface area contributed by atoms with Crippen molar-refractivity contribution in [1.82, 2.24) is 10.2 Å². The van der Waals surface area contributed by atoms with Gasteiger partial charge >= 0.3 is 0 Å². The van der Waals surface area contributed by atoms with Gasteiger partial charge < -0.3 is 19.7 Å². The van der Waals surface area contributed by atoms with Gasteiger partial charge in [0, 0.05) is 17.1 Å². The number of rotatable bonds is 10. The number of hydrogen-bond donors (Lipinski definition) is 1. The molecule has 2 rings (SSSR count). The highest BCUT2D eigenvalue weighted by Crippen LogP contribution is 2.32. The van der Waals surface area contributed by atoms with Gasteiger partial charge in [0.2, 0.25) is 0 Å². The van der Waals surface area contributed by atoms with E-state index in [1.54, 1.807) is 7.11 Å². The molecule has 0 spiro atoms. The lowest BCUT2D eigenvalue weighted by Gasteiger charge is -2.16. The van der Waals surface area contributed by atoms with Crippen LogP contribution in [0, 0.1) is 0 Å². The highest BCUT2D eigenvalue weighted by Gasteiger charge is 2.11. The smallest absolute Gasteiger partial charge is 0.166 e. The van der Waals surface area contributed by atoms with Crippen LogP contribution in [0.4, 0.5) is 0 Å². The van der Waals surface area contributed by atoms with Crippen LogP contribution in [-0.4, -0.2) is 39.2 Å². The summed E-state index contributed by atoms with van der Waals surface area (Å²) >= 11 is 6.04. The molecular weight excluding hydrogens is 336 g/mol. The van der Waals surface area contributed by atoms with Crippen LogP contribution in [-0.2, 0) is 13.2 Å². The van der Waals surface area contributed by atoms with Crippen LogP contribution in [0.2, 0.25) is 5.02 Å². The van der Waals surface area contributed by atoms with E-state index >= 15 is 0 Å². The predicted molar refractivity (Wildman–Crippen MR) is 104 cm³/mol. The maximum atomic E-state index is 6.06. The molecule has 0 aromatic heterocycles. The van der Waals surface area contributed by atoms with Crippen molar-refractivity contribution in [3.63, 3.8) is 0 Å². The molecule has 0 radical (unpaired) electrons. The zero-order chi connectivity index (χ0) is 18.1. The summed E-state index contributed by atoms with van der Waals surface area (Å²) in [6, 6.07) is 13.7. The fraction of sp³-hybridized carbons (Fsp3) is 0.400. The van der Waals surface area contributed by atoms with E-state index in [1.807, 2.05) is 36.4 Å². The minimum Gasteiger partial charge on any atom is -0.493 e. The first-order chi connectivity index (χ1) is 12.1. The minimum absolute atomic E-state index is 0.453. The van der Waals surface area contributed by atoms with E-state index in [4.69, 9.17) is 21.1 Å². The van der Waals surface area contributed by atoms with Crippen molar-refractivity contribution in [3.05, 3.63) is 58.6 Å². The van der Waals surface area contributed by atoms with Gasteiger partial charge in [0.15, 0.2) is 11.5 Å². The topological polar surface area (TPSA) is 33.7 Å². The molecule has 2 aromatic rings. The van der Waals surface area contributed by atoms with Gasteiger partial charge in [0.25, 0.3) is 0 Å². The summed E-state index contributed by atoms with van der Waals surface area (Å²) in [4.78, 5) is 2.19. The van der Waals surface area contributed by atoms with E-state index in [0.29, 0.717) is 11.6 Å². The molecular formula is C20H27ClN2O2. The van der Waals surface area contributed by atoms with Crippen LogP contribution in [0.5, 0.6) is 11.5 Å². The Labute approximate surface area is 155 Å². The second-order valence-corrected chi connectivity index (χ2v) is 6.64. The molecule has 0 fully saturated rings. The molecule has 4 nitrogen and oxygen atoms in total. The summed E-state index contributed by atoms with van der Waals surface area (Å²) in [5, 5.41) is 4.18. The highest BCUT2D eigenvalue weighted by atomic mass is 35.5. The van der Waals surface area contributed by atoms with Crippen molar-refractivity contribution in [2.45, 2.75) is 19.6 Å². The number of ether oxygens (including phenoxy) is 2. The molecule has 0 unspecified atom stereocenters. The Kier molecular flexibility index (Phi) is 8.06. The monoisotopic (exact) mass is 362 g/mol. The summed E-state index contributed by atoms with van der Waals surface area (Å²) in [7, 11) is 5.84. The summed E-state index contributed by atoms with van der Waals surface area (Å²) in [5.74, 6) is 1.53. The number of halogens is 1. The Hall–Kier alpha value is -1.75. The van der Waals surface area contributed by atoms with E-state index in [1.165, 1.54) is 0 Å². The van der Waals surface area contributed by atoms with Gasteiger partial charge in [-0.25, -0.2) is 0 Å². The maximum Gasteiger partial charge on any atom is 0.166 e. The van der Waals surface area contributed by atoms with Crippen LogP contribution in [0.1, 0.15) is 17.5 Å². The number of methoxy groups -OCH3 is 1. The first kappa shape index (κ1) is 19.6. The zero-order valence-corrected chi connectivity index (χ0v) is 16.0. The van der Waals surface area contributed by atoms with Crippen molar-refractivity contribution in [1.29, 1.82) is 0 Å². The van der Waals surface area contributed by atoms with Crippen LogP contribution in [0.3, 0.4) is 0 Å². The first-order valence-corrected chi connectivity index (χ1v) is 8.86. The van der Waals surface area contributed by atoms with E-state index in [9.17, 15) is 0 Å². The molecule has 0 heterocycles. The van der Waals surface area contributed by atoms with Gasteiger partial charge in [-0.2, -0.15) is 0 Å². The third kappa shape index (κ3) is 6.58. The minimum atomic E-state index is 0.453. The lowest BCUT2D eigenvalue weighted by atomic mass is 10.1. The fourth-order valence-corrected chi connectivity index (χ4v) is 2.76. The van der Waals surface area contributed by atoms with Crippen molar-refractivity contribution < 1.29 is 9.47 Å². The third-order valence-corrected chi connectivity index (χ3v) is 4.06. The van der Waals surface area contributed by atoms with E-state index in [0.717, 1.165) is 48.7 Å². The van der Waals surface area contributed by atoms with Crippen molar-refractivity contribution in [2.24, 2.45) is 0 Å². The molecule has 25 heavy (non-hydrogen) atoms. The molecule has 2 aromatic carbocycles. The fourth-order valence-electron chi connectivity index (χ4n) is 2.55. The summed E-state index contributed by atoms with van der Waals surface area (Å²) in [6.45, 7) is 3.23. The number of hydrogen-bond acceptors (Lipinski definition) is 4. The molecule has 5 heteroatoms. The van der Waals surface area contributed by atoms with E-state index in [2.05, 4.69) is 30.4 Å². The van der Waals surface area contributed by atoms with Crippen LogP contribution in [0.15, 0.2) is 42.5 Å². The van der Waals surface area contributed by atoms with Crippen LogP contribution in [0.25, 0.3) is 0 Å². The van der Waals surface area contributed by atoms with Gasteiger partial charge in [-0.3, -0.25) is 0 Å². The van der Waals surface area contributed by atoms with Gasteiger partial charge in [0.05, 0.1) is 7.11 Å². The average molecular weight is 363 g/mol. The first-order valence-electron chi connectivity index (χ1n) is 8.48. The van der Waals surface area contributed by atoms with Gasteiger partial charge in [-0.1, -0.05) is 35.9 Å². The molecule has 0 saturated carbocycles. The third-order valence-electron chi connectivity index (χ3n) is 3.83. The Bertz CT molecular complexity index is 662. The summed E-state index contributed by atoms with van der Waals surface area (Å²) in [6.07, 6.45) is 1.11. The van der Waals surface area contributed by atoms with Crippen molar-refractivity contribution >= 4 is 11.6 Å². The molecule has 0 atom stereocenters. The van der Waals surface area contributed by atoms with E-state index in [-0.39, 0.29) is 0 Å². The molecule has 0 bridgehead atoms. The van der Waals surface area contributed by atoms with Gasteiger partial charge in [-0.05, 0) is 57.4 Å². The molecule has 1 N–H and O–H groups in total. The quantitative estimate of drug-likeness (QED) is 0.648. The number of benzene rings is 2. The summed E-state index contributed by atoms with van der Waals surface area (Å²) in [5.41, 5.74) is 2.12. The molecule has 0 saturated heterocycles. The van der Waals surface area contributed by atoms with Crippen molar-refractivity contribution in [2.75, 3.05) is 34.3 Å². The largest absolute Gasteiger partial charge is 0.493 e. The average Bonchev–Trinajstić information content (AvgIpc) is 2.59. The lowest BCUT2D eigenvalue weighted by Crippen LogP contribution is -2.21. The highest BCUT2D eigenvalue weighted by molar-refractivity contribution is 6.30. The number of para-hydroxylation sites is 1. The molecule has 0 aliphatic heterocycles. The predicted octanol–water partition coefficient (Wildman–Crippen LogP) is 3.97.